The Balaban J connectivity index is 1.84. The third-order valence-corrected chi connectivity index (χ3v) is 4.86. The molecule has 1 aliphatic rings. The van der Waals surface area contributed by atoms with Gasteiger partial charge in [-0.25, -0.2) is 9.97 Å². The Labute approximate surface area is 155 Å². The third kappa shape index (κ3) is 4.05. The molecule has 1 heterocycles. The molecule has 5 nitrogen and oxygen atoms in total. The first-order chi connectivity index (χ1) is 12.3. The normalized spacial score (nSPS) is 19.9. The lowest BCUT2D eigenvalue weighted by molar-refractivity contribution is 0.0322. The molecule has 5 heteroatoms. The van der Waals surface area contributed by atoms with E-state index in [-0.39, 0.29) is 5.41 Å². The topological polar surface area (TPSA) is 67.3 Å². The van der Waals surface area contributed by atoms with Crippen molar-refractivity contribution in [3.05, 3.63) is 53.0 Å². The summed E-state index contributed by atoms with van der Waals surface area (Å²) < 4.78 is 5.24. The summed E-state index contributed by atoms with van der Waals surface area (Å²) in [6, 6.07) is 10.1. The average molecular weight is 355 g/mol. The van der Waals surface area contributed by atoms with E-state index in [9.17, 15) is 5.11 Å². The molecule has 1 aromatic heterocycles. The molecule has 2 aromatic rings. The maximum Gasteiger partial charge on any atom is 0.136 e. The van der Waals surface area contributed by atoms with Crippen LogP contribution >= 0.6 is 0 Å². The fourth-order valence-electron chi connectivity index (χ4n) is 3.46. The maximum absolute atomic E-state index is 11.3. The van der Waals surface area contributed by atoms with Gasteiger partial charge in [-0.3, -0.25) is 0 Å². The van der Waals surface area contributed by atoms with Crippen molar-refractivity contribution in [1.82, 2.24) is 9.97 Å². The molecule has 26 heavy (non-hydrogen) atoms. The van der Waals surface area contributed by atoms with E-state index in [1.165, 1.54) is 5.56 Å². The van der Waals surface area contributed by atoms with Crippen molar-refractivity contribution in [2.24, 2.45) is 0 Å². The molecule has 0 spiro atoms. The van der Waals surface area contributed by atoms with Gasteiger partial charge in [0.05, 0.1) is 12.3 Å². The molecule has 3 rings (SSSR count). The Morgan fingerprint density at radius 3 is 2.73 bits per heavy atom. The number of hydrogen-bond donors (Lipinski definition) is 2. The fraction of sp³-hybridized carbons (Fsp3) is 0.524. The maximum atomic E-state index is 11.3. The molecule has 0 saturated carbocycles. The van der Waals surface area contributed by atoms with E-state index < -0.39 is 5.60 Å². The van der Waals surface area contributed by atoms with Gasteiger partial charge in [0.2, 0.25) is 0 Å². The molecule has 1 unspecified atom stereocenters. The molecule has 1 aliphatic carbocycles. The molecule has 0 radical (unpaired) electrons. The largest absolute Gasteiger partial charge is 0.383 e. The second-order valence-corrected chi connectivity index (χ2v) is 8.15. The van der Waals surface area contributed by atoms with Crippen LogP contribution in [0.25, 0.3) is 0 Å². The van der Waals surface area contributed by atoms with Crippen molar-refractivity contribution in [2.75, 3.05) is 19.0 Å². The number of anilines is 1. The lowest BCUT2D eigenvalue weighted by Gasteiger charge is -2.35. The Bertz CT molecular complexity index is 770. The summed E-state index contributed by atoms with van der Waals surface area (Å²) in [5.41, 5.74) is 2.07. The number of methoxy groups -OCH3 is 1. The van der Waals surface area contributed by atoms with Crippen LogP contribution in [0.5, 0.6) is 0 Å². The lowest BCUT2D eigenvalue weighted by atomic mass is 9.79. The Hall–Kier alpha value is -1.98. The van der Waals surface area contributed by atoms with Crippen molar-refractivity contribution in [3.8, 4) is 0 Å². The number of ether oxygens (including phenoxy) is 1. The Morgan fingerprint density at radius 2 is 2.00 bits per heavy atom. The van der Waals surface area contributed by atoms with E-state index in [2.05, 4.69) is 42.1 Å². The molecule has 1 atom stereocenters. The molecule has 0 aliphatic heterocycles. The monoisotopic (exact) mass is 355 g/mol. The second kappa shape index (κ2) is 7.33. The minimum absolute atomic E-state index is 0.158. The highest BCUT2D eigenvalue weighted by Gasteiger charge is 2.34. The van der Waals surface area contributed by atoms with Gasteiger partial charge >= 0.3 is 0 Å². The van der Waals surface area contributed by atoms with Crippen LogP contribution < -0.4 is 5.32 Å². The number of nitrogens with zero attached hydrogens (tertiary/aromatic N) is 2. The molecule has 0 fully saturated rings. The second-order valence-electron chi connectivity index (χ2n) is 8.15. The molecule has 140 valence electrons. The fourth-order valence-corrected chi connectivity index (χ4v) is 3.46. The van der Waals surface area contributed by atoms with Crippen LogP contribution in [0.15, 0.2) is 30.3 Å². The zero-order valence-electron chi connectivity index (χ0n) is 16.2. The number of nitrogens with one attached hydrogen (secondary N) is 1. The van der Waals surface area contributed by atoms with Crippen molar-refractivity contribution >= 4 is 5.82 Å². The first-order valence-electron chi connectivity index (χ1n) is 9.24. The van der Waals surface area contributed by atoms with Gasteiger partial charge in [-0.2, -0.15) is 0 Å². The van der Waals surface area contributed by atoms with E-state index in [1.807, 2.05) is 24.3 Å². The van der Waals surface area contributed by atoms with Crippen LogP contribution in [-0.4, -0.2) is 28.7 Å². The van der Waals surface area contributed by atoms with Gasteiger partial charge in [-0.05, 0) is 30.4 Å². The van der Waals surface area contributed by atoms with Crippen LogP contribution in [0.1, 0.15) is 56.3 Å². The highest BCUT2D eigenvalue weighted by atomic mass is 16.5. The quantitative estimate of drug-likeness (QED) is 0.858. The zero-order valence-corrected chi connectivity index (χ0v) is 16.2. The predicted molar refractivity (Wildman–Crippen MR) is 103 cm³/mol. The Morgan fingerprint density at radius 1 is 1.23 bits per heavy atom. The van der Waals surface area contributed by atoms with E-state index in [0.29, 0.717) is 13.2 Å². The summed E-state index contributed by atoms with van der Waals surface area (Å²) in [6.45, 7) is 7.14. The van der Waals surface area contributed by atoms with Gasteiger partial charge in [-0.1, -0.05) is 45.0 Å². The van der Waals surface area contributed by atoms with Gasteiger partial charge in [0, 0.05) is 25.1 Å². The third-order valence-electron chi connectivity index (χ3n) is 4.86. The lowest BCUT2D eigenvalue weighted by Crippen LogP contribution is -2.38. The molecule has 0 amide bonds. The summed E-state index contributed by atoms with van der Waals surface area (Å²) in [5, 5.41) is 14.6. The number of fused-ring (bicyclic) bond motifs is 1. The molecule has 0 bridgehead atoms. The first kappa shape index (κ1) is 18.8. The molecule has 1 aromatic carbocycles. The van der Waals surface area contributed by atoms with Crippen molar-refractivity contribution < 1.29 is 9.84 Å². The van der Waals surface area contributed by atoms with Crippen LogP contribution in [0.4, 0.5) is 5.82 Å². The summed E-state index contributed by atoms with van der Waals surface area (Å²) in [7, 11) is 1.66. The van der Waals surface area contributed by atoms with Gasteiger partial charge < -0.3 is 15.2 Å². The van der Waals surface area contributed by atoms with E-state index in [4.69, 9.17) is 4.74 Å². The highest BCUT2D eigenvalue weighted by Crippen LogP contribution is 2.35. The minimum atomic E-state index is -0.872. The SMILES string of the molecule is COCc1cc(NCC2(O)CCCc3ccccc32)nc(C(C)(C)C)n1. The first-order valence-corrected chi connectivity index (χ1v) is 9.24. The van der Waals surface area contributed by atoms with Crippen molar-refractivity contribution in [3.63, 3.8) is 0 Å². The summed E-state index contributed by atoms with van der Waals surface area (Å²) >= 11 is 0. The molecular weight excluding hydrogens is 326 g/mol. The number of aromatic nitrogens is 2. The van der Waals surface area contributed by atoms with Crippen LogP contribution in [0.3, 0.4) is 0 Å². The van der Waals surface area contributed by atoms with Gasteiger partial charge in [0.1, 0.15) is 17.2 Å². The summed E-state index contributed by atoms with van der Waals surface area (Å²) in [5.74, 6) is 1.50. The smallest absolute Gasteiger partial charge is 0.136 e. The highest BCUT2D eigenvalue weighted by molar-refractivity contribution is 5.41. The number of aryl methyl sites for hydroxylation is 1. The molecule has 2 N–H and O–H groups in total. The minimum Gasteiger partial charge on any atom is -0.383 e. The average Bonchev–Trinajstić information content (AvgIpc) is 2.60. The van der Waals surface area contributed by atoms with Crippen LogP contribution in [0.2, 0.25) is 0 Å². The van der Waals surface area contributed by atoms with Crippen molar-refractivity contribution in [1.29, 1.82) is 0 Å². The van der Waals surface area contributed by atoms with Crippen molar-refractivity contribution in [2.45, 2.75) is 57.7 Å². The van der Waals surface area contributed by atoms with Gasteiger partial charge in [0.15, 0.2) is 0 Å². The predicted octanol–water partition coefficient (Wildman–Crippen LogP) is 3.56. The zero-order chi connectivity index (χ0) is 18.8. The number of aliphatic hydroxyl groups is 1. The number of hydrogen-bond acceptors (Lipinski definition) is 5. The van der Waals surface area contributed by atoms with Gasteiger partial charge in [0.25, 0.3) is 0 Å². The summed E-state index contributed by atoms with van der Waals surface area (Å²) in [6.07, 6.45) is 2.76. The van der Waals surface area contributed by atoms with Crippen LogP contribution in [0, 0.1) is 0 Å². The number of rotatable bonds is 5. The molecular formula is C21H29N3O2. The Kier molecular flexibility index (Phi) is 5.30. The number of benzene rings is 1. The van der Waals surface area contributed by atoms with E-state index >= 15 is 0 Å². The van der Waals surface area contributed by atoms with E-state index in [1.54, 1.807) is 7.11 Å². The molecule has 0 saturated heterocycles. The summed E-state index contributed by atoms with van der Waals surface area (Å²) in [4.78, 5) is 9.27. The van der Waals surface area contributed by atoms with Crippen LogP contribution in [-0.2, 0) is 28.8 Å². The van der Waals surface area contributed by atoms with Gasteiger partial charge in [-0.15, -0.1) is 0 Å². The van der Waals surface area contributed by atoms with E-state index in [0.717, 1.165) is 42.2 Å². The standard InChI is InChI=1S/C21H29N3O2/c1-20(2,3)19-23-16(13-26-4)12-18(24-19)22-14-21(25)11-7-9-15-8-5-6-10-17(15)21/h5-6,8,10,12,25H,7,9,11,13-14H2,1-4H3,(H,22,23,24).